The van der Waals surface area contributed by atoms with Crippen LogP contribution in [0.25, 0.3) is 0 Å². The third-order valence-electron chi connectivity index (χ3n) is 3.86. The van der Waals surface area contributed by atoms with Crippen molar-refractivity contribution in [3.05, 3.63) is 47.8 Å². The van der Waals surface area contributed by atoms with E-state index in [1.54, 1.807) is 19.2 Å². The van der Waals surface area contributed by atoms with Gasteiger partial charge in [-0.05, 0) is 36.5 Å². The molecule has 1 aromatic rings. The lowest BCUT2D eigenvalue weighted by atomic mass is 10.1. The molecule has 1 heterocycles. The molecule has 1 aliphatic rings. The molecule has 1 saturated heterocycles. The van der Waals surface area contributed by atoms with Gasteiger partial charge in [-0.1, -0.05) is 31.2 Å². The number of halogens is 1. The van der Waals surface area contributed by atoms with E-state index in [9.17, 15) is 4.39 Å². The fourth-order valence-corrected chi connectivity index (χ4v) is 2.90. The van der Waals surface area contributed by atoms with Crippen LogP contribution in [0.15, 0.2) is 36.4 Å². The fourth-order valence-electron chi connectivity index (χ4n) is 2.90. The summed E-state index contributed by atoms with van der Waals surface area (Å²) < 4.78 is 18.2. The van der Waals surface area contributed by atoms with Crippen LogP contribution in [0, 0.1) is 11.7 Å². The van der Waals surface area contributed by atoms with Gasteiger partial charge < -0.3 is 4.74 Å². The lowest BCUT2D eigenvalue weighted by molar-refractivity contribution is 0.232. The fraction of sp³-hybridized carbons (Fsp3) is 0.529. The average Bonchev–Trinajstić information content (AvgIpc) is 2.77. The molecule has 0 saturated carbocycles. The third-order valence-corrected chi connectivity index (χ3v) is 3.86. The van der Waals surface area contributed by atoms with Crippen molar-refractivity contribution in [3.63, 3.8) is 0 Å². The second kappa shape index (κ2) is 7.55. The first-order chi connectivity index (χ1) is 9.69. The van der Waals surface area contributed by atoms with E-state index in [4.69, 9.17) is 4.74 Å². The number of ether oxygens (including phenoxy) is 1. The van der Waals surface area contributed by atoms with Crippen LogP contribution in [0.5, 0.6) is 0 Å². The standard InChI is InChI=1S/C17H24FNO/c1-14-11-17(7-4-10-20-2)19(13-14)9-8-15-5-3-6-16(18)12-15/h3-7,12,14,17H,8-11,13H2,1-2H3/b7-4+/t14-,17?/m1/s1. The van der Waals surface area contributed by atoms with Gasteiger partial charge in [0.25, 0.3) is 0 Å². The van der Waals surface area contributed by atoms with Gasteiger partial charge in [0.1, 0.15) is 5.82 Å². The van der Waals surface area contributed by atoms with Crippen LogP contribution in [0.2, 0.25) is 0 Å². The molecule has 1 unspecified atom stereocenters. The Morgan fingerprint density at radius 1 is 1.45 bits per heavy atom. The van der Waals surface area contributed by atoms with Gasteiger partial charge in [0, 0.05) is 26.2 Å². The maximum Gasteiger partial charge on any atom is 0.123 e. The highest BCUT2D eigenvalue weighted by molar-refractivity contribution is 5.16. The Kier molecular flexibility index (Phi) is 5.74. The summed E-state index contributed by atoms with van der Waals surface area (Å²) >= 11 is 0. The van der Waals surface area contributed by atoms with Gasteiger partial charge in [-0.25, -0.2) is 4.39 Å². The molecule has 0 aliphatic carbocycles. The molecule has 1 aliphatic heterocycles. The summed E-state index contributed by atoms with van der Waals surface area (Å²) in [4.78, 5) is 2.49. The Morgan fingerprint density at radius 3 is 3.05 bits per heavy atom. The molecule has 0 spiro atoms. The van der Waals surface area contributed by atoms with E-state index in [1.807, 2.05) is 6.07 Å². The van der Waals surface area contributed by atoms with Crippen LogP contribution in [-0.4, -0.2) is 37.7 Å². The summed E-state index contributed by atoms with van der Waals surface area (Å²) in [5.74, 6) is 0.577. The highest BCUT2D eigenvalue weighted by Crippen LogP contribution is 2.24. The normalized spacial score (nSPS) is 23.8. The smallest absolute Gasteiger partial charge is 0.123 e. The summed E-state index contributed by atoms with van der Waals surface area (Å²) in [5.41, 5.74) is 1.07. The van der Waals surface area contributed by atoms with Gasteiger partial charge in [-0.3, -0.25) is 4.90 Å². The summed E-state index contributed by atoms with van der Waals surface area (Å²) in [6.45, 7) is 5.06. The topological polar surface area (TPSA) is 12.5 Å². The Bertz CT molecular complexity index is 446. The van der Waals surface area contributed by atoms with Gasteiger partial charge in [-0.2, -0.15) is 0 Å². The van der Waals surface area contributed by atoms with Crippen molar-refractivity contribution in [2.24, 2.45) is 5.92 Å². The second-order valence-corrected chi connectivity index (χ2v) is 5.67. The molecule has 110 valence electrons. The van der Waals surface area contributed by atoms with E-state index in [0.717, 1.165) is 31.0 Å². The molecule has 2 rings (SSSR count). The molecule has 0 aromatic heterocycles. The van der Waals surface area contributed by atoms with Crippen molar-refractivity contribution < 1.29 is 9.13 Å². The van der Waals surface area contributed by atoms with Crippen molar-refractivity contribution in [1.29, 1.82) is 0 Å². The summed E-state index contributed by atoms with van der Waals surface area (Å²) in [6.07, 6.45) is 6.44. The summed E-state index contributed by atoms with van der Waals surface area (Å²) in [5, 5.41) is 0. The molecule has 1 fully saturated rings. The van der Waals surface area contributed by atoms with Gasteiger partial charge >= 0.3 is 0 Å². The third kappa shape index (κ3) is 4.43. The largest absolute Gasteiger partial charge is 0.381 e. The lowest BCUT2D eigenvalue weighted by Crippen LogP contribution is -2.30. The maximum atomic E-state index is 13.2. The molecule has 0 N–H and O–H groups in total. The first-order valence-corrected chi connectivity index (χ1v) is 7.33. The molecular formula is C17H24FNO. The van der Waals surface area contributed by atoms with Gasteiger partial charge in [0.15, 0.2) is 0 Å². The van der Waals surface area contributed by atoms with Crippen molar-refractivity contribution in [3.8, 4) is 0 Å². The summed E-state index contributed by atoms with van der Waals surface area (Å²) in [7, 11) is 1.71. The van der Waals surface area contributed by atoms with Crippen LogP contribution < -0.4 is 0 Å². The number of rotatable bonds is 6. The van der Waals surface area contributed by atoms with Gasteiger partial charge in [0.05, 0.1) is 6.61 Å². The van der Waals surface area contributed by atoms with E-state index in [2.05, 4.69) is 24.0 Å². The van der Waals surface area contributed by atoms with Crippen molar-refractivity contribution in [2.45, 2.75) is 25.8 Å². The van der Waals surface area contributed by atoms with Crippen molar-refractivity contribution in [2.75, 3.05) is 26.8 Å². The molecule has 1 aromatic carbocycles. The molecule has 0 amide bonds. The summed E-state index contributed by atoms with van der Waals surface area (Å²) in [6, 6.07) is 7.41. The molecule has 0 radical (unpaired) electrons. The van der Waals surface area contributed by atoms with Crippen LogP contribution in [-0.2, 0) is 11.2 Å². The minimum atomic E-state index is -0.145. The predicted molar refractivity (Wildman–Crippen MR) is 80.3 cm³/mol. The molecule has 3 heteroatoms. The zero-order chi connectivity index (χ0) is 14.4. The molecule has 0 bridgehead atoms. The van der Waals surface area contributed by atoms with E-state index >= 15 is 0 Å². The van der Waals surface area contributed by atoms with Crippen molar-refractivity contribution in [1.82, 2.24) is 4.90 Å². The van der Waals surface area contributed by atoms with Crippen LogP contribution in [0.1, 0.15) is 18.9 Å². The number of methoxy groups -OCH3 is 1. The van der Waals surface area contributed by atoms with Crippen molar-refractivity contribution >= 4 is 0 Å². The zero-order valence-corrected chi connectivity index (χ0v) is 12.4. The maximum absolute atomic E-state index is 13.2. The first kappa shape index (κ1) is 15.2. The minimum absolute atomic E-state index is 0.145. The van der Waals surface area contributed by atoms with E-state index in [0.29, 0.717) is 12.6 Å². The highest BCUT2D eigenvalue weighted by Gasteiger charge is 2.26. The van der Waals surface area contributed by atoms with E-state index < -0.39 is 0 Å². The number of hydrogen-bond donors (Lipinski definition) is 0. The minimum Gasteiger partial charge on any atom is -0.381 e. The Balaban J connectivity index is 1.89. The van der Waals surface area contributed by atoms with Crippen LogP contribution >= 0.6 is 0 Å². The SMILES string of the molecule is COC/C=C/C1C[C@@H](C)CN1CCc1cccc(F)c1. The Labute approximate surface area is 121 Å². The number of hydrogen-bond acceptors (Lipinski definition) is 2. The zero-order valence-electron chi connectivity index (χ0n) is 12.4. The number of likely N-dealkylation sites (tertiary alicyclic amines) is 1. The highest BCUT2D eigenvalue weighted by atomic mass is 19.1. The number of nitrogens with zero attached hydrogens (tertiary/aromatic N) is 1. The number of benzene rings is 1. The Hall–Kier alpha value is -1.19. The van der Waals surface area contributed by atoms with E-state index in [1.165, 1.54) is 12.5 Å². The lowest BCUT2D eigenvalue weighted by Gasteiger charge is -2.21. The molecule has 2 nitrogen and oxygen atoms in total. The van der Waals surface area contributed by atoms with Gasteiger partial charge in [-0.15, -0.1) is 0 Å². The predicted octanol–water partition coefficient (Wildman–Crippen LogP) is 3.28. The molecule has 20 heavy (non-hydrogen) atoms. The quantitative estimate of drug-likeness (QED) is 0.740. The monoisotopic (exact) mass is 277 g/mol. The van der Waals surface area contributed by atoms with Crippen LogP contribution in [0.3, 0.4) is 0 Å². The molecule has 2 atom stereocenters. The average molecular weight is 277 g/mol. The second-order valence-electron chi connectivity index (χ2n) is 5.67. The van der Waals surface area contributed by atoms with E-state index in [-0.39, 0.29) is 5.82 Å². The van der Waals surface area contributed by atoms with Crippen LogP contribution in [0.4, 0.5) is 4.39 Å². The van der Waals surface area contributed by atoms with Gasteiger partial charge in [0.2, 0.25) is 0 Å². The Morgan fingerprint density at radius 2 is 2.30 bits per heavy atom. The molecular weight excluding hydrogens is 253 g/mol. The first-order valence-electron chi connectivity index (χ1n) is 7.33.